The van der Waals surface area contributed by atoms with Crippen LogP contribution in [0.5, 0.6) is 11.5 Å². The normalized spacial score (nSPS) is 30.7. The number of benzene rings is 1. The van der Waals surface area contributed by atoms with Crippen molar-refractivity contribution < 1.29 is 24.1 Å². The summed E-state index contributed by atoms with van der Waals surface area (Å²) in [6.07, 6.45) is 1.79. The van der Waals surface area contributed by atoms with Gasteiger partial charge in [-0.15, -0.1) is 0 Å². The second-order valence-corrected chi connectivity index (χ2v) is 7.28. The van der Waals surface area contributed by atoms with Gasteiger partial charge in [0.1, 0.15) is 17.1 Å². The van der Waals surface area contributed by atoms with Crippen LogP contribution in [0, 0.1) is 11.8 Å². The molecule has 0 radical (unpaired) electrons. The fraction of sp³-hybridized carbons (Fsp3) is 0.632. The molecule has 0 amide bonds. The summed E-state index contributed by atoms with van der Waals surface area (Å²) in [5, 5.41) is 9.63. The molecule has 0 saturated carbocycles. The SMILES string of the molecule is CCC[C@H]1O[C@H]2c3cc(OC)ccc3OC(C)(C)[C@@H]2C[C@H]1C(=O)O. The Hall–Kier alpha value is -1.75. The zero-order chi connectivity index (χ0) is 17.5. The molecule has 0 aromatic heterocycles. The molecule has 0 bridgehead atoms. The Kier molecular flexibility index (Phi) is 4.47. The van der Waals surface area contributed by atoms with Gasteiger partial charge in [-0.3, -0.25) is 4.79 Å². The third-order valence-corrected chi connectivity index (χ3v) is 5.32. The standard InChI is InChI=1S/C19H26O5/c1-5-6-15-13(18(20)21)10-14-17(23-15)12-9-11(22-4)7-8-16(12)24-19(14,2)3/h7-9,13-15,17H,5-6,10H2,1-4H3,(H,20,21)/t13-,14-,15-,17+/m1/s1. The van der Waals surface area contributed by atoms with Gasteiger partial charge in [0.05, 0.1) is 25.2 Å². The molecule has 4 atom stereocenters. The molecule has 5 nitrogen and oxygen atoms in total. The monoisotopic (exact) mass is 334 g/mol. The van der Waals surface area contributed by atoms with Crippen molar-refractivity contribution in [2.75, 3.05) is 7.11 Å². The first-order valence-corrected chi connectivity index (χ1v) is 8.62. The van der Waals surface area contributed by atoms with Gasteiger partial charge >= 0.3 is 5.97 Å². The maximum Gasteiger partial charge on any atom is 0.309 e. The molecule has 0 unspecified atom stereocenters. The molecule has 1 N–H and O–H groups in total. The molecule has 1 saturated heterocycles. The van der Waals surface area contributed by atoms with Crippen LogP contribution in [0.15, 0.2) is 18.2 Å². The fourth-order valence-corrected chi connectivity index (χ4v) is 4.01. The van der Waals surface area contributed by atoms with E-state index >= 15 is 0 Å². The van der Waals surface area contributed by atoms with E-state index in [0.717, 1.165) is 29.9 Å². The molecule has 24 heavy (non-hydrogen) atoms. The molecule has 0 spiro atoms. The highest BCUT2D eigenvalue weighted by atomic mass is 16.5. The van der Waals surface area contributed by atoms with Gasteiger partial charge in [0.25, 0.3) is 0 Å². The van der Waals surface area contributed by atoms with Crippen LogP contribution in [-0.2, 0) is 9.53 Å². The summed E-state index contributed by atoms with van der Waals surface area (Å²) in [6.45, 7) is 6.08. The lowest BCUT2D eigenvalue weighted by atomic mass is 9.71. The van der Waals surface area contributed by atoms with Gasteiger partial charge in [0.15, 0.2) is 0 Å². The molecule has 3 rings (SSSR count). The Labute approximate surface area is 142 Å². The second-order valence-electron chi connectivity index (χ2n) is 7.28. The van der Waals surface area contributed by atoms with E-state index in [2.05, 4.69) is 6.92 Å². The Balaban J connectivity index is 2.01. The molecule has 1 fully saturated rings. The number of carboxylic acid groups (broad SMARTS) is 1. The molecule has 2 heterocycles. The van der Waals surface area contributed by atoms with E-state index < -0.39 is 17.5 Å². The van der Waals surface area contributed by atoms with Gasteiger partial charge in [-0.2, -0.15) is 0 Å². The van der Waals surface area contributed by atoms with Crippen LogP contribution in [0.1, 0.15) is 51.7 Å². The van der Waals surface area contributed by atoms with Crippen molar-refractivity contribution in [1.82, 2.24) is 0 Å². The summed E-state index contributed by atoms with van der Waals surface area (Å²) in [7, 11) is 1.63. The fourth-order valence-electron chi connectivity index (χ4n) is 4.01. The van der Waals surface area contributed by atoms with E-state index in [0.29, 0.717) is 6.42 Å². The summed E-state index contributed by atoms with van der Waals surface area (Å²) in [4.78, 5) is 11.7. The predicted octanol–water partition coefficient (Wildman–Crippen LogP) is 3.81. The first-order valence-electron chi connectivity index (χ1n) is 8.62. The van der Waals surface area contributed by atoms with Crippen molar-refractivity contribution in [2.45, 2.75) is 57.8 Å². The van der Waals surface area contributed by atoms with E-state index in [-0.39, 0.29) is 18.1 Å². The molecule has 1 aromatic carbocycles. The third kappa shape index (κ3) is 2.86. The van der Waals surface area contributed by atoms with E-state index in [1.54, 1.807) is 7.11 Å². The zero-order valence-corrected chi connectivity index (χ0v) is 14.7. The Morgan fingerprint density at radius 2 is 2.17 bits per heavy atom. The highest BCUT2D eigenvalue weighted by molar-refractivity contribution is 5.71. The average Bonchev–Trinajstić information content (AvgIpc) is 2.54. The summed E-state index contributed by atoms with van der Waals surface area (Å²) in [6, 6.07) is 5.74. The number of hydrogen-bond acceptors (Lipinski definition) is 4. The molecule has 5 heteroatoms. The number of fused-ring (bicyclic) bond motifs is 3. The summed E-state index contributed by atoms with van der Waals surface area (Å²) in [5.74, 6) is 0.282. The minimum absolute atomic E-state index is 0.00804. The quantitative estimate of drug-likeness (QED) is 0.907. The van der Waals surface area contributed by atoms with Gasteiger partial charge in [0.2, 0.25) is 0 Å². The summed E-state index contributed by atoms with van der Waals surface area (Å²) < 4.78 is 17.9. The molecular weight excluding hydrogens is 308 g/mol. The van der Waals surface area contributed by atoms with Crippen molar-refractivity contribution in [2.24, 2.45) is 11.8 Å². The van der Waals surface area contributed by atoms with Crippen LogP contribution in [0.3, 0.4) is 0 Å². The zero-order valence-electron chi connectivity index (χ0n) is 14.7. The Bertz CT molecular complexity index is 624. The first-order chi connectivity index (χ1) is 11.4. The van der Waals surface area contributed by atoms with Gasteiger partial charge < -0.3 is 19.3 Å². The molecule has 132 valence electrons. The van der Waals surface area contributed by atoms with Crippen molar-refractivity contribution in [3.8, 4) is 11.5 Å². The first kappa shape index (κ1) is 17.1. The minimum Gasteiger partial charge on any atom is -0.497 e. The number of rotatable bonds is 4. The lowest BCUT2D eigenvalue weighted by Crippen LogP contribution is -2.52. The number of carbonyl (C=O) groups is 1. The van der Waals surface area contributed by atoms with E-state index in [4.69, 9.17) is 14.2 Å². The van der Waals surface area contributed by atoms with E-state index in [9.17, 15) is 9.90 Å². The summed E-state index contributed by atoms with van der Waals surface area (Å²) in [5.41, 5.74) is 0.487. The highest BCUT2D eigenvalue weighted by Gasteiger charge is 2.51. The van der Waals surface area contributed by atoms with Crippen molar-refractivity contribution >= 4 is 5.97 Å². The predicted molar refractivity (Wildman–Crippen MR) is 89.5 cm³/mol. The molecule has 0 aliphatic carbocycles. The van der Waals surface area contributed by atoms with Gasteiger partial charge in [-0.1, -0.05) is 13.3 Å². The van der Waals surface area contributed by atoms with E-state index in [1.807, 2.05) is 32.0 Å². The lowest BCUT2D eigenvalue weighted by Gasteiger charge is -2.50. The number of ether oxygens (including phenoxy) is 3. The second kappa shape index (κ2) is 6.28. The van der Waals surface area contributed by atoms with E-state index in [1.165, 1.54) is 0 Å². The largest absolute Gasteiger partial charge is 0.497 e. The van der Waals surface area contributed by atoms with Crippen LogP contribution >= 0.6 is 0 Å². The number of hydrogen-bond donors (Lipinski definition) is 1. The average molecular weight is 334 g/mol. The molecular formula is C19H26O5. The molecule has 2 aliphatic rings. The van der Waals surface area contributed by atoms with Crippen LogP contribution < -0.4 is 9.47 Å². The van der Waals surface area contributed by atoms with Gasteiger partial charge in [0, 0.05) is 11.5 Å². The van der Waals surface area contributed by atoms with Gasteiger partial charge in [-0.05, 0) is 44.9 Å². The maximum atomic E-state index is 11.7. The number of carboxylic acids is 1. The third-order valence-electron chi connectivity index (χ3n) is 5.32. The number of aliphatic carboxylic acids is 1. The molecule has 1 aromatic rings. The summed E-state index contributed by atoms with van der Waals surface area (Å²) >= 11 is 0. The minimum atomic E-state index is -0.779. The Morgan fingerprint density at radius 1 is 1.42 bits per heavy atom. The van der Waals surface area contributed by atoms with Crippen LogP contribution in [-0.4, -0.2) is 29.9 Å². The number of methoxy groups -OCH3 is 1. The van der Waals surface area contributed by atoms with Crippen molar-refractivity contribution in [3.63, 3.8) is 0 Å². The van der Waals surface area contributed by atoms with Crippen molar-refractivity contribution in [3.05, 3.63) is 23.8 Å². The van der Waals surface area contributed by atoms with Crippen molar-refractivity contribution in [1.29, 1.82) is 0 Å². The smallest absolute Gasteiger partial charge is 0.309 e. The maximum absolute atomic E-state index is 11.7. The topological polar surface area (TPSA) is 65.0 Å². The highest BCUT2D eigenvalue weighted by Crippen LogP contribution is 2.53. The lowest BCUT2D eigenvalue weighted by molar-refractivity contribution is -0.188. The van der Waals surface area contributed by atoms with Gasteiger partial charge in [-0.25, -0.2) is 0 Å². The van der Waals surface area contributed by atoms with Crippen LogP contribution in [0.25, 0.3) is 0 Å². The molecule has 2 aliphatic heterocycles. The van der Waals surface area contributed by atoms with Crippen LogP contribution in [0.4, 0.5) is 0 Å². The Morgan fingerprint density at radius 3 is 2.79 bits per heavy atom. The van der Waals surface area contributed by atoms with Crippen LogP contribution in [0.2, 0.25) is 0 Å².